The number of nitrogens with zero attached hydrogens (tertiary/aromatic N) is 2. The molecule has 0 unspecified atom stereocenters. The van der Waals surface area contributed by atoms with Gasteiger partial charge in [0.2, 0.25) is 10.0 Å². The predicted molar refractivity (Wildman–Crippen MR) is 99.1 cm³/mol. The van der Waals surface area contributed by atoms with E-state index in [2.05, 4.69) is 15.3 Å². The fourth-order valence-corrected chi connectivity index (χ4v) is 3.74. The van der Waals surface area contributed by atoms with Crippen molar-refractivity contribution in [2.75, 3.05) is 0 Å². The SMILES string of the molecule is Cc1nc(-c2ccccn2)sc1C(=O)NCc1ccc(S(N)(=O)=O)cc1. The van der Waals surface area contributed by atoms with Crippen molar-refractivity contribution < 1.29 is 13.2 Å². The Labute approximate surface area is 155 Å². The van der Waals surface area contributed by atoms with E-state index in [1.54, 1.807) is 25.3 Å². The van der Waals surface area contributed by atoms with Crippen LogP contribution in [0, 0.1) is 6.92 Å². The molecule has 0 spiro atoms. The zero-order valence-corrected chi connectivity index (χ0v) is 15.5. The minimum Gasteiger partial charge on any atom is -0.347 e. The first-order valence-corrected chi connectivity index (χ1v) is 9.99. The van der Waals surface area contributed by atoms with E-state index in [1.165, 1.54) is 23.5 Å². The van der Waals surface area contributed by atoms with Crippen LogP contribution in [-0.2, 0) is 16.6 Å². The molecule has 3 aromatic rings. The van der Waals surface area contributed by atoms with Gasteiger partial charge >= 0.3 is 0 Å². The number of carbonyl (C=O) groups is 1. The lowest BCUT2D eigenvalue weighted by Crippen LogP contribution is -2.22. The molecule has 2 aromatic heterocycles. The first-order valence-electron chi connectivity index (χ1n) is 7.63. The van der Waals surface area contributed by atoms with Crippen LogP contribution >= 0.6 is 11.3 Å². The third kappa shape index (κ3) is 4.13. The Kier molecular flexibility index (Phi) is 5.12. The number of nitrogens with two attached hydrogens (primary N) is 1. The third-order valence-corrected chi connectivity index (χ3v) is 5.70. The summed E-state index contributed by atoms with van der Waals surface area (Å²) >= 11 is 1.28. The number of carbonyl (C=O) groups excluding carboxylic acids is 1. The van der Waals surface area contributed by atoms with E-state index in [9.17, 15) is 13.2 Å². The number of rotatable bonds is 5. The molecule has 134 valence electrons. The quantitative estimate of drug-likeness (QED) is 0.694. The number of pyridine rings is 1. The third-order valence-electron chi connectivity index (χ3n) is 3.59. The molecule has 0 saturated heterocycles. The van der Waals surface area contributed by atoms with Gasteiger partial charge in [-0.05, 0) is 36.8 Å². The van der Waals surface area contributed by atoms with E-state index in [0.29, 0.717) is 15.6 Å². The van der Waals surface area contributed by atoms with Gasteiger partial charge in [0.1, 0.15) is 9.88 Å². The van der Waals surface area contributed by atoms with Crippen molar-refractivity contribution in [1.82, 2.24) is 15.3 Å². The summed E-state index contributed by atoms with van der Waals surface area (Å²) in [6.45, 7) is 2.04. The predicted octanol–water partition coefficient (Wildman–Crippen LogP) is 2.09. The number of amides is 1. The molecule has 9 heteroatoms. The molecule has 3 N–H and O–H groups in total. The molecule has 0 saturated carbocycles. The number of primary sulfonamides is 1. The normalized spacial score (nSPS) is 11.3. The number of nitrogens with one attached hydrogen (secondary N) is 1. The highest BCUT2D eigenvalue weighted by Gasteiger charge is 2.16. The molecule has 0 fully saturated rings. The molecular formula is C17H16N4O3S2. The maximum atomic E-state index is 12.4. The number of hydrogen-bond acceptors (Lipinski definition) is 6. The first kappa shape index (κ1) is 18.2. The van der Waals surface area contributed by atoms with Crippen LogP contribution in [0.5, 0.6) is 0 Å². The van der Waals surface area contributed by atoms with E-state index < -0.39 is 10.0 Å². The van der Waals surface area contributed by atoms with E-state index in [4.69, 9.17) is 5.14 Å². The summed E-state index contributed by atoms with van der Waals surface area (Å²) in [6, 6.07) is 11.6. The number of aromatic nitrogens is 2. The summed E-state index contributed by atoms with van der Waals surface area (Å²) < 4.78 is 22.5. The lowest BCUT2D eigenvalue weighted by molar-refractivity contribution is 0.0954. The van der Waals surface area contributed by atoms with Crippen molar-refractivity contribution in [3.8, 4) is 10.7 Å². The maximum Gasteiger partial charge on any atom is 0.263 e. The van der Waals surface area contributed by atoms with Crippen LogP contribution in [-0.4, -0.2) is 24.3 Å². The molecule has 3 rings (SSSR count). The number of aryl methyl sites for hydroxylation is 1. The molecular weight excluding hydrogens is 372 g/mol. The molecule has 7 nitrogen and oxygen atoms in total. The Morgan fingerprint density at radius 3 is 2.54 bits per heavy atom. The van der Waals surface area contributed by atoms with Crippen molar-refractivity contribution in [3.05, 3.63) is 64.8 Å². The molecule has 0 radical (unpaired) electrons. The van der Waals surface area contributed by atoms with Crippen molar-refractivity contribution in [1.29, 1.82) is 0 Å². The topological polar surface area (TPSA) is 115 Å². The fourth-order valence-electron chi connectivity index (χ4n) is 2.27. The Balaban J connectivity index is 1.70. The lowest BCUT2D eigenvalue weighted by atomic mass is 10.2. The maximum absolute atomic E-state index is 12.4. The highest BCUT2D eigenvalue weighted by atomic mass is 32.2. The molecule has 1 aromatic carbocycles. The largest absolute Gasteiger partial charge is 0.347 e. The molecule has 0 aliphatic heterocycles. The van der Waals surface area contributed by atoms with Gasteiger partial charge in [0, 0.05) is 12.7 Å². The Bertz CT molecular complexity index is 1030. The molecule has 0 aliphatic rings. The monoisotopic (exact) mass is 388 g/mol. The number of hydrogen-bond donors (Lipinski definition) is 2. The first-order chi connectivity index (χ1) is 12.3. The van der Waals surface area contributed by atoms with Crippen molar-refractivity contribution in [3.63, 3.8) is 0 Å². The van der Waals surface area contributed by atoms with Crippen molar-refractivity contribution in [2.45, 2.75) is 18.4 Å². The summed E-state index contributed by atoms with van der Waals surface area (Å²) in [5.41, 5.74) is 2.12. The van der Waals surface area contributed by atoms with E-state index >= 15 is 0 Å². The standard InChI is InChI=1S/C17H16N4O3S2/c1-11-15(25-17(21-11)14-4-2-3-9-19-14)16(22)20-10-12-5-7-13(8-6-12)26(18,23)24/h2-9H,10H2,1H3,(H,20,22)(H2,18,23,24). The second kappa shape index (κ2) is 7.32. The van der Waals surface area contributed by atoms with Crippen LogP contribution in [0.2, 0.25) is 0 Å². The summed E-state index contributed by atoms with van der Waals surface area (Å²) in [7, 11) is -3.72. The lowest BCUT2D eigenvalue weighted by Gasteiger charge is -2.05. The molecule has 0 atom stereocenters. The average Bonchev–Trinajstić information content (AvgIpc) is 3.02. The summed E-state index contributed by atoms with van der Waals surface area (Å²) in [5.74, 6) is -0.238. The van der Waals surface area contributed by atoms with Gasteiger partial charge in [-0.1, -0.05) is 18.2 Å². The van der Waals surface area contributed by atoms with E-state index in [-0.39, 0.29) is 17.3 Å². The number of sulfonamides is 1. The van der Waals surface area contributed by atoms with Gasteiger partial charge in [-0.2, -0.15) is 0 Å². The van der Waals surface area contributed by atoms with E-state index in [0.717, 1.165) is 11.3 Å². The number of benzene rings is 1. The van der Waals surface area contributed by atoms with Crippen LogP contribution in [0.3, 0.4) is 0 Å². The van der Waals surface area contributed by atoms with Gasteiger partial charge in [0.15, 0.2) is 0 Å². The minimum absolute atomic E-state index is 0.0332. The molecule has 0 aliphatic carbocycles. The summed E-state index contributed by atoms with van der Waals surface area (Å²) in [5, 5.41) is 8.56. The van der Waals surface area contributed by atoms with Crippen LogP contribution in [0.4, 0.5) is 0 Å². The van der Waals surface area contributed by atoms with Gasteiger partial charge in [-0.3, -0.25) is 9.78 Å². The smallest absolute Gasteiger partial charge is 0.263 e. The Hall–Kier alpha value is -2.62. The summed E-state index contributed by atoms with van der Waals surface area (Å²) in [4.78, 5) is 21.6. The Morgan fingerprint density at radius 2 is 1.92 bits per heavy atom. The molecule has 26 heavy (non-hydrogen) atoms. The van der Waals surface area contributed by atoms with E-state index in [1.807, 2.05) is 18.2 Å². The van der Waals surface area contributed by atoms with Crippen molar-refractivity contribution >= 4 is 27.3 Å². The highest BCUT2D eigenvalue weighted by molar-refractivity contribution is 7.89. The van der Waals surface area contributed by atoms with Gasteiger partial charge < -0.3 is 5.32 Å². The van der Waals surface area contributed by atoms with Gasteiger partial charge in [0.05, 0.1) is 16.3 Å². The fraction of sp³-hybridized carbons (Fsp3) is 0.118. The molecule has 2 heterocycles. The highest BCUT2D eigenvalue weighted by Crippen LogP contribution is 2.26. The molecule has 0 bridgehead atoms. The zero-order valence-electron chi connectivity index (χ0n) is 13.8. The van der Waals surface area contributed by atoms with Crippen LogP contribution in [0.15, 0.2) is 53.6 Å². The van der Waals surface area contributed by atoms with Crippen LogP contribution < -0.4 is 10.5 Å². The average molecular weight is 388 g/mol. The second-order valence-electron chi connectivity index (χ2n) is 5.52. The number of thiazole rings is 1. The summed E-state index contributed by atoms with van der Waals surface area (Å²) in [6.07, 6.45) is 1.68. The van der Waals surface area contributed by atoms with Crippen LogP contribution in [0.25, 0.3) is 10.7 Å². The molecule has 1 amide bonds. The van der Waals surface area contributed by atoms with Gasteiger partial charge in [-0.25, -0.2) is 18.5 Å². The Morgan fingerprint density at radius 1 is 1.19 bits per heavy atom. The van der Waals surface area contributed by atoms with Gasteiger partial charge in [0.25, 0.3) is 5.91 Å². The zero-order chi connectivity index (χ0) is 18.7. The second-order valence-corrected chi connectivity index (χ2v) is 8.08. The van der Waals surface area contributed by atoms with Crippen LogP contribution in [0.1, 0.15) is 20.9 Å². The minimum atomic E-state index is -3.72. The van der Waals surface area contributed by atoms with Crippen molar-refractivity contribution in [2.24, 2.45) is 5.14 Å². The van der Waals surface area contributed by atoms with Gasteiger partial charge in [-0.15, -0.1) is 11.3 Å².